The number of likely N-dealkylation sites (tertiary alicyclic amines) is 1. The van der Waals surface area contributed by atoms with Crippen LogP contribution in [0.15, 0.2) is 11.6 Å². The Labute approximate surface area is 87.0 Å². The molecule has 1 heterocycles. The molecule has 0 radical (unpaired) electrons. The Morgan fingerprint density at radius 3 is 2.14 bits per heavy atom. The SMILES string of the molecule is CC(C)=CC(=O)N1CC(C)CC(C)C1. The first-order valence-corrected chi connectivity index (χ1v) is 5.43. The molecule has 0 aliphatic carbocycles. The highest BCUT2D eigenvalue weighted by Crippen LogP contribution is 2.21. The molecule has 0 N–H and O–H groups in total. The van der Waals surface area contributed by atoms with Crippen LogP contribution in [0.5, 0.6) is 0 Å². The number of amides is 1. The molecule has 1 aliphatic rings. The van der Waals surface area contributed by atoms with Gasteiger partial charge in [-0.05, 0) is 32.1 Å². The van der Waals surface area contributed by atoms with Crippen LogP contribution in [0, 0.1) is 11.8 Å². The summed E-state index contributed by atoms with van der Waals surface area (Å²) < 4.78 is 0. The standard InChI is InChI=1S/C12H21NO/c1-9(2)5-12(14)13-7-10(3)6-11(4)8-13/h5,10-11H,6-8H2,1-4H3. The third-order valence-corrected chi connectivity index (χ3v) is 2.59. The van der Waals surface area contributed by atoms with Crippen LogP contribution in [0.1, 0.15) is 34.1 Å². The summed E-state index contributed by atoms with van der Waals surface area (Å²) in [6.45, 7) is 10.2. The van der Waals surface area contributed by atoms with Gasteiger partial charge in [0.25, 0.3) is 0 Å². The molecule has 0 aromatic rings. The van der Waals surface area contributed by atoms with Crippen LogP contribution in [0.2, 0.25) is 0 Å². The van der Waals surface area contributed by atoms with E-state index in [9.17, 15) is 4.79 Å². The maximum absolute atomic E-state index is 11.7. The van der Waals surface area contributed by atoms with Crippen molar-refractivity contribution in [3.8, 4) is 0 Å². The second-order valence-corrected chi connectivity index (χ2v) is 4.91. The minimum absolute atomic E-state index is 0.184. The summed E-state index contributed by atoms with van der Waals surface area (Å²) in [6.07, 6.45) is 2.99. The summed E-state index contributed by atoms with van der Waals surface area (Å²) in [6, 6.07) is 0. The molecule has 1 amide bonds. The van der Waals surface area contributed by atoms with E-state index in [1.807, 2.05) is 18.7 Å². The molecule has 14 heavy (non-hydrogen) atoms. The van der Waals surface area contributed by atoms with Crippen LogP contribution in [0.3, 0.4) is 0 Å². The summed E-state index contributed by atoms with van der Waals surface area (Å²) >= 11 is 0. The largest absolute Gasteiger partial charge is 0.339 e. The van der Waals surface area contributed by atoms with Crippen molar-refractivity contribution < 1.29 is 4.79 Å². The Morgan fingerprint density at radius 1 is 1.21 bits per heavy atom. The minimum Gasteiger partial charge on any atom is -0.339 e. The summed E-state index contributed by atoms with van der Waals surface area (Å²) in [7, 11) is 0. The average Bonchev–Trinajstić information content (AvgIpc) is 2.00. The molecule has 2 unspecified atom stereocenters. The molecule has 1 aliphatic heterocycles. The fourth-order valence-corrected chi connectivity index (χ4v) is 2.18. The smallest absolute Gasteiger partial charge is 0.246 e. The number of carbonyl (C=O) groups is 1. The van der Waals surface area contributed by atoms with Crippen LogP contribution in [0.4, 0.5) is 0 Å². The van der Waals surface area contributed by atoms with E-state index in [0.717, 1.165) is 18.7 Å². The molecule has 1 fully saturated rings. The maximum atomic E-state index is 11.7. The summed E-state index contributed by atoms with van der Waals surface area (Å²) in [5, 5.41) is 0. The van der Waals surface area contributed by atoms with Gasteiger partial charge in [0.2, 0.25) is 5.91 Å². The average molecular weight is 195 g/mol. The van der Waals surface area contributed by atoms with Crippen molar-refractivity contribution in [1.29, 1.82) is 0 Å². The molecular formula is C12H21NO. The van der Waals surface area contributed by atoms with Gasteiger partial charge in [-0.25, -0.2) is 0 Å². The van der Waals surface area contributed by atoms with Gasteiger partial charge in [0, 0.05) is 19.2 Å². The van der Waals surface area contributed by atoms with Crippen LogP contribution >= 0.6 is 0 Å². The number of piperidine rings is 1. The zero-order valence-corrected chi connectivity index (χ0v) is 9.71. The highest BCUT2D eigenvalue weighted by atomic mass is 16.2. The third-order valence-electron chi connectivity index (χ3n) is 2.59. The molecule has 0 bridgehead atoms. The van der Waals surface area contributed by atoms with Crippen molar-refractivity contribution in [2.45, 2.75) is 34.1 Å². The Bertz CT molecular complexity index is 231. The van der Waals surface area contributed by atoms with E-state index >= 15 is 0 Å². The molecule has 0 aromatic carbocycles. The van der Waals surface area contributed by atoms with Crippen LogP contribution in [-0.4, -0.2) is 23.9 Å². The van der Waals surface area contributed by atoms with Gasteiger partial charge in [-0.1, -0.05) is 19.4 Å². The summed E-state index contributed by atoms with van der Waals surface area (Å²) in [5.41, 5.74) is 1.08. The number of carbonyl (C=O) groups excluding carboxylic acids is 1. The Balaban J connectivity index is 2.59. The van der Waals surface area contributed by atoms with Crippen molar-refractivity contribution in [3.05, 3.63) is 11.6 Å². The van der Waals surface area contributed by atoms with Crippen LogP contribution in [0.25, 0.3) is 0 Å². The van der Waals surface area contributed by atoms with E-state index in [2.05, 4.69) is 13.8 Å². The van der Waals surface area contributed by atoms with Crippen LogP contribution in [-0.2, 0) is 4.79 Å². The number of allylic oxidation sites excluding steroid dienone is 1. The lowest BCUT2D eigenvalue weighted by atomic mass is 9.92. The second kappa shape index (κ2) is 4.63. The van der Waals surface area contributed by atoms with Crippen molar-refractivity contribution >= 4 is 5.91 Å². The van der Waals surface area contributed by atoms with Gasteiger partial charge in [-0.2, -0.15) is 0 Å². The van der Waals surface area contributed by atoms with Crippen molar-refractivity contribution in [2.24, 2.45) is 11.8 Å². The molecular weight excluding hydrogens is 174 g/mol. The van der Waals surface area contributed by atoms with E-state index in [1.54, 1.807) is 6.08 Å². The van der Waals surface area contributed by atoms with Gasteiger partial charge < -0.3 is 4.90 Å². The summed E-state index contributed by atoms with van der Waals surface area (Å²) in [5.74, 6) is 1.48. The zero-order valence-electron chi connectivity index (χ0n) is 9.71. The predicted molar refractivity (Wildman–Crippen MR) is 59.0 cm³/mol. The maximum Gasteiger partial charge on any atom is 0.246 e. The molecule has 2 atom stereocenters. The van der Waals surface area contributed by atoms with Gasteiger partial charge in [-0.15, -0.1) is 0 Å². The molecule has 0 spiro atoms. The van der Waals surface area contributed by atoms with Crippen molar-refractivity contribution in [2.75, 3.05) is 13.1 Å². The summed E-state index contributed by atoms with van der Waals surface area (Å²) in [4.78, 5) is 13.7. The minimum atomic E-state index is 0.184. The first kappa shape index (κ1) is 11.3. The zero-order chi connectivity index (χ0) is 10.7. The molecule has 0 aromatic heterocycles. The Kier molecular flexibility index (Phi) is 3.73. The lowest BCUT2D eigenvalue weighted by molar-refractivity contribution is -0.128. The molecule has 1 rings (SSSR count). The third kappa shape index (κ3) is 3.17. The Morgan fingerprint density at radius 2 is 1.71 bits per heavy atom. The normalized spacial score (nSPS) is 27.3. The van der Waals surface area contributed by atoms with Gasteiger partial charge in [-0.3, -0.25) is 4.79 Å². The number of hydrogen-bond donors (Lipinski definition) is 0. The highest BCUT2D eigenvalue weighted by molar-refractivity contribution is 5.88. The van der Waals surface area contributed by atoms with Gasteiger partial charge in [0.15, 0.2) is 0 Å². The van der Waals surface area contributed by atoms with Crippen molar-refractivity contribution in [1.82, 2.24) is 4.90 Å². The molecule has 2 heteroatoms. The van der Waals surface area contributed by atoms with Gasteiger partial charge >= 0.3 is 0 Å². The van der Waals surface area contributed by atoms with E-state index in [4.69, 9.17) is 0 Å². The van der Waals surface area contributed by atoms with Gasteiger partial charge in [0.1, 0.15) is 0 Å². The second-order valence-electron chi connectivity index (χ2n) is 4.91. The van der Waals surface area contributed by atoms with Gasteiger partial charge in [0.05, 0.1) is 0 Å². The molecule has 2 nitrogen and oxygen atoms in total. The van der Waals surface area contributed by atoms with E-state index in [-0.39, 0.29) is 5.91 Å². The van der Waals surface area contributed by atoms with E-state index < -0.39 is 0 Å². The monoisotopic (exact) mass is 195 g/mol. The fourth-order valence-electron chi connectivity index (χ4n) is 2.18. The first-order valence-electron chi connectivity index (χ1n) is 5.43. The van der Waals surface area contributed by atoms with E-state index in [1.165, 1.54) is 6.42 Å². The number of nitrogens with zero attached hydrogens (tertiary/aromatic N) is 1. The lowest BCUT2D eigenvalue weighted by Crippen LogP contribution is -2.41. The molecule has 0 saturated carbocycles. The predicted octanol–water partition coefficient (Wildman–Crippen LogP) is 2.46. The number of hydrogen-bond acceptors (Lipinski definition) is 1. The van der Waals surface area contributed by atoms with E-state index in [0.29, 0.717) is 11.8 Å². The highest BCUT2D eigenvalue weighted by Gasteiger charge is 2.23. The van der Waals surface area contributed by atoms with Crippen molar-refractivity contribution in [3.63, 3.8) is 0 Å². The molecule has 80 valence electrons. The quantitative estimate of drug-likeness (QED) is 0.589. The topological polar surface area (TPSA) is 20.3 Å². The Hall–Kier alpha value is -0.790. The molecule has 1 saturated heterocycles. The number of rotatable bonds is 1. The lowest BCUT2D eigenvalue weighted by Gasteiger charge is -2.34. The fraction of sp³-hybridized carbons (Fsp3) is 0.750. The first-order chi connectivity index (χ1) is 6.49. The van der Waals surface area contributed by atoms with Crippen LogP contribution < -0.4 is 0 Å².